The lowest BCUT2D eigenvalue weighted by molar-refractivity contribution is 0.906. The van der Waals surface area contributed by atoms with Crippen molar-refractivity contribution in [2.45, 2.75) is 0 Å². The first-order chi connectivity index (χ1) is 4.93. The molecule has 0 saturated heterocycles. The van der Waals surface area contributed by atoms with Gasteiger partial charge in [-0.05, 0) is 5.56 Å². The van der Waals surface area contributed by atoms with E-state index in [0.29, 0.717) is 0 Å². The van der Waals surface area contributed by atoms with Gasteiger partial charge in [0.2, 0.25) is 0 Å². The second kappa shape index (κ2) is 6.30. The van der Waals surface area contributed by atoms with E-state index >= 15 is 0 Å². The monoisotopic (exact) mass is 158 g/mol. The van der Waals surface area contributed by atoms with Gasteiger partial charge >= 0.3 is 0 Å². The van der Waals surface area contributed by atoms with Crippen LogP contribution in [0.1, 0.15) is 5.56 Å². The molecule has 1 aromatic carbocycles. The van der Waals surface area contributed by atoms with Crippen molar-refractivity contribution in [1.82, 2.24) is 0 Å². The minimum absolute atomic E-state index is 1.17. The van der Waals surface area contributed by atoms with Gasteiger partial charge in [0.15, 0.2) is 0 Å². The van der Waals surface area contributed by atoms with Gasteiger partial charge in [-0.2, -0.15) is 0 Å². The maximum Gasteiger partial charge on any atom is 0.116 e. The predicted molar refractivity (Wildman–Crippen MR) is 43.5 cm³/mol. The maximum absolute atomic E-state index is 8.97. The van der Waals surface area contributed by atoms with Crippen molar-refractivity contribution in [3.63, 3.8) is 0 Å². The van der Waals surface area contributed by atoms with Gasteiger partial charge in [0, 0.05) is 0 Å². The molecule has 0 bridgehead atoms. The summed E-state index contributed by atoms with van der Waals surface area (Å²) in [5, 5.41) is 0. The average molecular weight is 159 g/mol. The molecule has 0 fully saturated rings. The highest BCUT2D eigenvalue weighted by Crippen LogP contribution is 1.97. The third-order valence-corrected chi connectivity index (χ3v) is 1.04. The molecule has 10 heavy (non-hydrogen) atoms. The molecule has 0 aliphatic rings. The minimum Gasteiger partial charge on any atom is -0.116 e. The fraction of sp³-hybridized carbons (Fsp3) is 0. The molecule has 0 saturated carbocycles. The van der Waals surface area contributed by atoms with Crippen LogP contribution in [-0.2, 0) is 0 Å². The van der Waals surface area contributed by atoms with Crippen molar-refractivity contribution >= 4 is 18.0 Å². The van der Waals surface area contributed by atoms with Crippen molar-refractivity contribution in [1.29, 1.82) is 0 Å². The molecule has 0 N–H and O–H groups in total. The molecule has 0 aliphatic carbocycles. The normalized spacial score (nSPS) is 7.40. The van der Waals surface area contributed by atoms with Crippen LogP contribution in [0.5, 0.6) is 0 Å². The number of rotatable bonds is 1. The topological polar surface area (TPSA) is 0 Å². The fourth-order valence-corrected chi connectivity index (χ4v) is 0.589. The molecular weight excluding hydrogens is 151 g/mol. The molecular formula is C8H8ClF. The second-order valence-electron chi connectivity index (χ2n) is 1.61. The van der Waals surface area contributed by atoms with Crippen molar-refractivity contribution < 1.29 is 3.98 Å². The molecule has 0 amide bonds. The van der Waals surface area contributed by atoms with Crippen LogP contribution in [0.4, 0.5) is 3.98 Å². The van der Waals surface area contributed by atoms with E-state index in [1.165, 1.54) is 5.56 Å². The zero-order valence-corrected chi connectivity index (χ0v) is 6.18. The third kappa shape index (κ3) is 3.25. The Morgan fingerprint density at radius 3 is 2.00 bits per heavy atom. The molecule has 0 spiro atoms. The number of hydrogen-bond acceptors (Lipinski definition) is 0. The molecule has 2 heteroatoms. The average Bonchev–Trinajstić information content (AvgIpc) is 2.10. The van der Waals surface area contributed by atoms with Crippen LogP contribution < -0.4 is 0 Å². The highest BCUT2D eigenvalue weighted by Gasteiger charge is 1.75. The summed E-state index contributed by atoms with van der Waals surface area (Å²) >= 11 is 3.14. The van der Waals surface area contributed by atoms with Crippen LogP contribution in [0, 0.1) is 0 Å². The summed E-state index contributed by atoms with van der Waals surface area (Å²) in [5.41, 5.74) is 1.17. The maximum atomic E-state index is 8.97. The van der Waals surface area contributed by atoms with Crippen molar-refractivity contribution in [2.24, 2.45) is 0 Å². The molecule has 0 unspecified atom stereocenters. The van der Waals surface area contributed by atoms with Crippen molar-refractivity contribution in [3.05, 3.63) is 42.5 Å². The lowest BCUT2D eigenvalue weighted by Gasteiger charge is -1.85. The Morgan fingerprint density at radius 1 is 1.20 bits per heavy atom. The molecule has 0 aliphatic heterocycles. The number of hydrogen-bond donors (Lipinski definition) is 0. The van der Waals surface area contributed by atoms with Crippen LogP contribution in [0.3, 0.4) is 0 Å². The SMILES string of the molecule is C=Cc1ccccc1.FCl. The molecule has 1 rings (SSSR count). The summed E-state index contributed by atoms with van der Waals surface area (Å²) in [6.45, 7) is 3.63. The smallest absolute Gasteiger partial charge is 0.116 e. The minimum atomic E-state index is 1.17. The van der Waals surface area contributed by atoms with E-state index in [4.69, 9.17) is 3.98 Å². The van der Waals surface area contributed by atoms with E-state index in [-0.39, 0.29) is 0 Å². The van der Waals surface area contributed by atoms with E-state index in [1.54, 1.807) is 0 Å². The summed E-state index contributed by atoms with van der Waals surface area (Å²) in [6.07, 6.45) is 1.83. The van der Waals surface area contributed by atoms with Gasteiger partial charge in [-0.15, -0.1) is 3.98 Å². The molecule has 1 aromatic rings. The standard InChI is InChI=1S/C8H8.ClF/c1-2-8-6-4-3-5-7-8;1-2/h2-7H,1H2;. The summed E-state index contributed by atoms with van der Waals surface area (Å²) in [6, 6.07) is 10.0. The summed E-state index contributed by atoms with van der Waals surface area (Å²) in [4.78, 5) is 0. The molecule has 0 aromatic heterocycles. The van der Waals surface area contributed by atoms with E-state index in [0.717, 1.165) is 0 Å². The highest BCUT2D eigenvalue weighted by atomic mass is 35.5. The zero-order chi connectivity index (χ0) is 7.82. The van der Waals surface area contributed by atoms with E-state index in [9.17, 15) is 0 Å². The van der Waals surface area contributed by atoms with E-state index in [1.807, 2.05) is 36.4 Å². The zero-order valence-electron chi connectivity index (χ0n) is 5.43. The first-order valence-corrected chi connectivity index (χ1v) is 3.04. The predicted octanol–water partition coefficient (Wildman–Crippen LogP) is 3.44. The van der Waals surface area contributed by atoms with Crippen LogP contribution in [0.15, 0.2) is 36.9 Å². The Labute approximate surface area is 65.2 Å². The molecule has 0 atom stereocenters. The number of halogens is 2. The number of benzene rings is 1. The summed E-state index contributed by atoms with van der Waals surface area (Å²) < 4.78 is 8.97. The largest absolute Gasteiger partial charge is 0.116 e. The van der Waals surface area contributed by atoms with Gasteiger partial charge in [0.05, 0.1) is 0 Å². The molecule has 0 radical (unpaired) electrons. The quantitative estimate of drug-likeness (QED) is 0.588. The molecule has 54 valence electrons. The van der Waals surface area contributed by atoms with E-state index in [2.05, 4.69) is 18.5 Å². The van der Waals surface area contributed by atoms with Crippen molar-refractivity contribution in [3.8, 4) is 0 Å². The first-order valence-electron chi connectivity index (χ1n) is 2.75. The lowest BCUT2D eigenvalue weighted by atomic mass is 10.2. The second-order valence-corrected chi connectivity index (χ2v) is 1.61. The van der Waals surface area contributed by atoms with Gasteiger partial charge in [-0.3, -0.25) is 0 Å². The van der Waals surface area contributed by atoms with Crippen LogP contribution >= 0.6 is 12.0 Å². The fourth-order valence-electron chi connectivity index (χ4n) is 0.589. The Bertz CT molecular complexity index is 172. The highest BCUT2D eigenvalue weighted by molar-refractivity contribution is 6.06. The van der Waals surface area contributed by atoms with Gasteiger partial charge in [0.1, 0.15) is 12.0 Å². The first kappa shape index (κ1) is 9.18. The Hall–Kier alpha value is -0.820. The van der Waals surface area contributed by atoms with Gasteiger partial charge in [-0.25, -0.2) is 0 Å². The Balaban J connectivity index is 0.000000371. The molecule has 0 heterocycles. The molecule has 0 nitrogen and oxygen atoms in total. The van der Waals surface area contributed by atoms with Crippen LogP contribution in [-0.4, -0.2) is 0 Å². The third-order valence-electron chi connectivity index (χ3n) is 1.04. The van der Waals surface area contributed by atoms with Gasteiger partial charge in [-0.1, -0.05) is 43.0 Å². The van der Waals surface area contributed by atoms with Crippen LogP contribution in [0.25, 0.3) is 6.08 Å². The van der Waals surface area contributed by atoms with E-state index < -0.39 is 0 Å². The van der Waals surface area contributed by atoms with Gasteiger partial charge in [0.25, 0.3) is 0 Å². The van der Waals surface area contributed by atoms with Crippen molar-refractivity contribution in [2.75, 3.05) is 0 Å². The Kier molecular flexibility index (Phi) is 5.79. The summed E-state index contributed by atoms with van der Waals surface area (Å²) in [7, 11) is 0. The Morgan fingerprint density at radius 2 is 1.70 bits per heavy atom. The summed E-state index contributed by atoms with van der Waals surface area (Å²) in [5.74, 6) is 0. The van der Waals surface area contributed by atoms with Crippen LogP contribution in [0.2, 0.25) is 0 Å². The van der Waals surface area contributed by atoms with Gasteiger partial charge < -0.3 is 0 Å². The lowest BCUT2D eigenvalue weighted by Crippen LogP contribution is -1.63.